The predicted molar refractivity (Wildman–Crippen MR) is 116 cm³/mol. The van der Waals surface area contributed by atoms with Crippen molar-refractivity contribution in [1.29, 1.82) is 0 Å². The number of carbonyl (C=O) groups is 3. The minimum absolute atomic E-state index is 0.00905. The summed E-state index contributed by atoms with van der Waals surface area (Å²) < 4.78 is 0. The number of nitrogens with two attached hydrogens (primary N) is 4. The van der Waals surface area contributed by atoms with E-state index in [1.165, 1.54) is 0 Å². The molecule has 0 spiro atoms. The minimum Gasteiger partial charge on any atom is -0.370 e. The summed E-state index contributed by atoms with van der Waals surface area (Å²) in [7, 11) is 0. The van der Waals surface area contributed by atoms with E-state index in [9.17, 15) is 14.4 Å². The van der Waals surface area contributed by atoms with Crippen LogP contribution in [0.5, 0.6) is 0 Å². The highest BCUT2D eigenvalue weighted by molar-refractivity contribution is 5.81. The molecule has 30 heavy (non-hydrogen) atoms. The Hall–Kier alpha value is -2.56. The molecular formula is C19H38N8O3. The zero-order valence-corrected chi connectivity index (χ0v) is 18.0. The molecule has 11 N–H and O–H groups in total. The van der Waals surface area contributed by atoms with Crippen molar-refractivity contribution in [2.24, 2.45) is 39.8 Å². The third-order valence-corrected chi connectivity index (χ3v) is 5.20. The zero-order valence-electron chi connectivity index (χ0n) is 18.0. The van der Waals surface area contributed by atoms with Crippen molar-refractivity contribution in [2.75, 3.05) is 6.54 Å². The van der Waals surface area contributed by atoms with Gasteiger partial charge in [0.15, 0.2) is 5.96 Å². The number of aliphatic imine (C=N–C) groups is 1. The number of hydrogen-bond donors (Lipinski definition) is 7. The first-order valence-electron chi connectivity index (χ1n) is 10.6. The number of urea groups is 1. The maximum atomic E-state index is 12.6. The van der Waals surface area contributed by atoms with Crippen molar-refractivity contribution in [3.8, 4) is 0 Å². The van der Waals surface area contributed by atoms with Crippen molar-refractivity contribution >= 4 is 23.8 Å². The highest BCUT2D eigenvalue weighted by atomic mass is 16.2. The van der Waals surface area contributed by atoms with Gasteiger partial charge in [-0.2, -0.15) is 0 Å². The molecule has 0 radical (unpaired) electrons. The van der Waals surface area contributed by atoms with Crippen molar-refractivity contribution in [1.82, 2.24) is 16.0 Å². The maximum absolute atomic E-state index is 12.6. The van der Waals surface area contributed by atoms with E-state index < -0.39 is 24.1 Å². The lowest BCUT2D eigenvalue weighted by atomic mass is 9.84. The smallest absolute Gasteiger partial charge is 0.316 e. The Kier molecular flexibility index (Phi) is 10.9. The van der Waals surface area contributed by atoms with Gasteiger partial charge in [-0.3, -0.25) is 14.6 Å². The van der Waals surface area contributed by atoms with Gasteiger partial charge in [0.25, 0.3) is 0 Å². The molecule has 0 aromatic heterocycles. The Morgan fingerprint density at radius 1 is 1.03 bits per heavy atom. The summed E-state index contributed by atoms with van der Waals surface area (Å²) >= 11 is 0. The van der Waals surface area contributed by atoms with Crippen LogP contribution >= 0.6 is 0 Å². The van der Waals surface area contributed by atoms with E-state index in [0.717, 1.165) is 25.7 Å². The normalized spacial score (nSPS) is 20.7. The monoisotopic (exact) mass is 426 g/mol. The molecule has 4 amide bonds. The minimum atomic E-state index is -0.567. The first-order valence-corrected chi connectivity index (χ1v) is 10.6. The van der Waals surface area contributed by atoms with Crippen molar-refractivity contribution in [3.05, 3.63) is 0 Å². The van der Waals surface area contributed by atoms with E-state index in [-0.39, 0.29) is 36.2 Å². The van der Waals surface area contributed by atoms with Crippen LogP contribution in [0.15, 0.2) is 4.99 Å². The summed E-state index contributed by atoms with van der Waals surface area (Å²) in [5.41, 5.74) is 22.0. The zero-order chi connectivity index (χ0) is 22.7. The lowest BCUT2D eigenvalue weighted by molar-refractivity contribution is -0.127. The van der Waals surface area contributed by atoms with Crippen LogP contribution in [0.2, 0.25) is 0 Å². The van der Waals surface area contributed by atoms with Gasteiger partial charge in [0.05, 0.1) is 5.92 Å². The van der Waals surface area contributed by atoms with Gasteiger partial charge in [0.2, 0.25) is 11.8 Å². The van der Waals surface area contributed by atoms with Gasteiger partial charge < -0.3 is 38.9 Å². The van der Waals surface area contributed by atoms with Gasteiger partial charge in [0.1, 0.15) is 6.17 Å². The van der Waals surface area contributed by atoms with Crippen molar-refractivity contribution in [2.45, 2.75) is 77.0 Å². The molecule has 0 bridgehead atoms. The largest absolute Gasteiger partial charge is 0.370 e. The standard InChI is InChI=1S/C19H38N8O3/c1-11(2)16(26-17(29)13-7-3-4-8-14(13)20)27-19(30)25-12(10-15(21)28)6-5-9-24-18(22)23/h11-14,16H,3-10,20H2,1-2H3,(H2,21,28)(H,26,29)(H4,22,23,24)(H2,25,27,30)/t12-,13-,14-,16+/m0/s1. The summed E-state index contributed by atoms with van der Waals surface area (Å²) in [4.78, 5) is 40.3. The number of primary amides is 1. The highest BCUT2D eigenvalue weighted by Crippen LogP contribution is 2.23. The summed E-state index contributed by atoms with van der Waals surface area (Å²) in [6, 6.07) is -1.12. The number of amides is 4. The van der Waals surface area contributed by atoms with Crippen LogP contribution in [0.4, 0.5) is 4.79 Å². The van der Waals surface area contributed by atoms with E-state index in [2.05, 4.69) is 20.9 Å². The third kappa shape index (κ3) is 9.77. The number of carbonyl (C=O) groups excluding carboxylic acids is 3. The summed E-state index contributed by atoms with van der Waals surface area (Å²) in [5.74, 6) is -0.978. The van der Waals surface area contributed by atoms with Gasteiger partial charge in [-0.15, -0.1) is 0 Å². The SMILES string of the molecule is CC(C)[C@@H](NC(=O)N[C@@H](CCCN=C(N)N)CC(N)=O)NC(=O)[C@H]1CCCC[C@@H]1N. The average molecular weight is 427 g/mol. The Labute approximate surface area is 178 Å². The summed E-state index contributed by atoms with van der Waals surface area (Å²) in [6.07, 6.45) is 4.05. The quantitative estimate of drug-likeness (QED) is 0.0973. The van der Waals surface area contributed by atoms with E-state index >= 15 is 0 Å². The molecule has 0 aromatic rings. The van der Waals surface area contributed by atoms with E-state index in [4.69, 9.17) is 22.9 Å². The van der Waals surface area contributed by atoms with E-state index in [1.54, 1.807) is 0 Å². The average Bonchev–Trinajstić information content (AvgIpc) is 2.64. The molecule has 1 fully saturated rings. The lowest BCUT2D eigenvalue weighted by Gasteiger charge is -2.31. The van der Waals surface area contributed by atoms with Crippen molar-refractivity contribution < 1.29 is 14.4 Å². The number of nitrogens with zero attached hydrogens (tertiary/aromatic N) is 1. The van der Waals surface area contributed by atoms with Gasteiger partial charge >= 0.3 is 6.03 Å². The Bertz CT molecular complexity index is 607. The topological polar surface area (TPSA) is 204 Å². The molecular weight excluding hydrogens is 388 g/mol. The molecule has 1 aliphatic carbocycles. The molecule has 11 nitrogen and oxygen atoms in total. The van der Waals surface area contributed by atoms with Crippen LogP contribution in [0.1, 0.15) is 58.8 Å². The van der Waals surface area contributed by atoms with Crippen LogP contribution in [-0.4, -0.2) is 48.6 Å². The molecule has 0 saturated heterocycles. The summed E-state index contributed by atoms with van der Waals surface area (Å²) in [6.45, 7) is 4.16. The predicted octanol–water partition coefficient (Wildman–Crippen LogP) is -0.801. The van der Waals surface area contributed by atoms with Gasteiger partial charge in [-0.25, -0.2) is 4.79 Å². The number of hydrogen-bond acceptors (Lipinski definition) is 5. The summed E-state index contributed by atoms with van der Waals surface area (Å²) in [5, 5.41) is 8.41. The third-order valence-electron chi connectivity index (χ3n) is 5.20. The second-order valence-electron chi connectivity index (χ2n) is 8.22. The number of nitrogens with one attached hydrogen (secondary N) is 3. The Morgan fingerprint density at radius 3 is 2.27 bits per heavy atom. The molecule has 0 aromatic carbocycles. The van der Waals surface area contributed by atoms with Crippen LogP contribution in [-0.2, 0) is 9.59 Å². The second-order valence-corrected chi connectivity index (χ2v) is 8.22. The van der Waals surface area contributed by atoms with E-state index in [1.807, 2.05) is 13.8 Å². The fourth-order valence-electron chi connectivity index (χ4n) is 3.50. The molecule has 11 heteroatoms. The Morgan fingerprint density at radius 2 is 1.70 bits per heavy atom. The molecule has 172 valence electrons. The molecule has 0 aliphatic heterocycles. The first-order chi connectivity index (χ1) is 14.1. The first kappa shape index (κ1) is 25.5. The molecule has 0 heterocycles. The lowest BCUT2D eigenvalue weighted by Crippen LogP contribution is -2.57. The number of guanidine groups is 1. The molecule has 1 rings (SSSR count). The van der Waals surface area contributed by atoms with Crippen LogP contribution in [0.3, 0.4) is 0 Å². The second kappa shape index (κ2) is 12.9. The van der Waals surface area contributed by atoms with Gasteiger partial charge in [-0.1, -0.05) is 26.7 Å². The maximum Gasteiger partial charge on any atom is 0.316 e. The number of rotatable bonds is 11. The molecule has 1 aliphatic rings. The molecule has 0 unspecified atom stereocenters. The Balaban J connectivity index is 2.62. The van der Waals surface area contributed by atoms with E-state index in [0.29, 0.717) is 19.4 Å². The van der Waals surface area contributed by atoms with Gasteiger partial charge in [0, 0.05) is 25.0 Å². The van der Waals surface area contributed by atoms with Crippen LogP contribution in [0, 0.1) is 11.8 Å². The van der Waals surface area contributed by atoms with Crippen LogP contribution in [0.25, 0.3) is 0 Å². The van der Waals surface area contributed by atoms with Crippen molar-refractivity contribution in [3.63, 3.8) is 0 Å². The van der Waals surface area contributed by atoms with Gasteiger partial charge in [-0.05, 0) is 31.6 Å². The molecule has 4 atom stereocenters. The van der Waals surface area contributed by atoms with Crippen LogP contribution < -0.4 is 38.9 Å². The molecule has 1 saturated carbocycles. The highest BCUT2D eigenvalue weighted by Gasteiger charge is 2.30. The fourth-order valence-corrected chi connectivity index (χ4v) is 3.50. The fraction of sp³-hybridized carbons (Fsp3) is 0.789.